The highest BCUT2D eigenvalue weighted by Gasteiger charge is 2.26. The van der Waals surface area contributed by atoms with Crippen LogP contribution in [0.2, 0.25) is 0 Å². The number of hydrogen-bond donors (Lipinski definition) is 0. The minimum atomic E-state index is -0.184. The summed E-state index contributed by atoms with van der Waals surface area (Å²) in [4.78, 5) is 13.5. The van der Waals surface area contributed by atoms with Gasteiger partial charge >= 0.3 is 0 Å². The van der Waals surface area contributed by atoms with Crippen molar-refractivity contribution in [3.8, 4) is 0 Å². The molecule has 0 aromatic heterocycles. The monoisotopic (exact) mass is 368 g/mol. The summed E-state index contributed by atoms with van der Waals surface area (Å²) in [5, 5.41) is 0. The second-order valence-corrected chi connectivity index (χ2v) is 8.76. The molecular formula is C23H29O2P. The van der Waals surface area contributed by atoms with Crippen LogP contribution in [0.3, 0.4) is 0 Å². The largest absolute Gasteiger partial charge is 0.293 e. The molecule has 0 aliphatic carbocycles. The Morgan fingerprint density at radius 3 is 2.12 bits per heavy atom. The highest BCUT2D eigenvalue weighted by Crippen LogP contribution is 2.32. The Labute approximate surface area is 159 Å². The minimum Gasteiger partial charge on any atom is -0.293 e. The molecule has 2 rings (SSSR count). The zero-order valence-corrected chi connectivity index (χ0v) is 17.4. The highest BCUT2D eigenvalue weighted by atomic mass is 31.1. The quantitative estimate of drug-likeness (QED) is 0.312. The first kappa shape index (κ1) is 20.5. The lowest BCUT2D eigenvalue weighted by molar-refractivity contribution is 0.0953. The number of aryl methyl sites for hydroxylation is 2. The summed E-state index contributed by atoms with van der Waals surface area (Å²) < 4.78 is 10.8. The van der Waals surface area contributed by atoms with Gasteiger partial charge in [-0.05, 0) is 54.4 Å². The van der Waals surface area contributed by atoms with Gasteiger partial charge in [0.1, 0.15) is 0 Å². The van der Waals surface area contributed by atoms with Gasteiger partial charge < -0.3 is 0 Å². The van der Waals surface area contributed by atoms with Crippen molar-refractivity contribution in [2.75, 3.05) is 6.16 Å². The molecule has 0 saturated carbocycles. The summed E-state index contributed by atoms with van der Waals surface area (Å²) >= 11 is 0. The van der Waals surface area contributed by atoms with E-state index in [0.717, 1.165) is 35.1 Å². The van der Waals surface area contributed by atoms with E-state index in [0.29, 0.717) is 6.16 Å². The molecule has 0 radical (unpaired) electrons. The zero-order valence-electron chi connectivity index (χ0n) is 16.5. The number of rotatable bonds is 7. The zero-order chi connectivity index (χ0) is 19.3. The van der Waals surface area contributed by atoms with Crippen molar-refractivity contribution in [2.45, 2.75) is 58.8 Å². The first-order valence-electron chi connectivity index (χ1n) is 9.25. The van der Waals surface area contributed by atoms with Crippen molar-refractivity contribution in [1.82, 2.24) is 0 Å². The molecule has 0 aliphatic rings. The number of benzene rings is 2. The summed E-state index contributed by atoms with van der Waals surface area (Å²) in [6, 6.07) is 14.3. The van der Waals surface area contributed by atoms with Crippen molar-refractivity contribution in [2.24, 2.45) is 0 Å². The molecule has 26 heavy (non-hydrogen) atoms. The van der Waals surface area contributed by atoms with Crippen LogP contribution < -0.4 is 0 Å². The van der Waals surface area contributed by atoms with Crippen molar-refractivity contribution in [1.29, 1.82) is 0 Å². The topological polar surface area (TPSA) is 34.1 Å². The molecule has 1 atom stereocenters. The second-order valence-electron chi connectivity index (χ2n) is 8.06. The highest BCUT2D eigenvalue weighted by molar-refractivity contribution is 7.23. The summed E-state index contributed by atoms with van der Waals surface area (Å²) in [5.41, 5.74) is 5.28. The number of hydrogen-bond acceptors (Lipinski definition) is 2. The van der Waals surface area contributed by atoms with Gasteiger partial charge in [-0.1, -0.05) is 63.2 Å². The van der Waals surface area contributed by atoms with Crippen LogP contribution in [0.1, 0.15) is 72.1 Å². The molecular weight excluding hydrogens is 339 g/mol. The van der Waals surface area contributed by atoms with E-state index in [1.165, 1.54) is 5.56 Å². The van der Waals surface area contributed by atoms with Crippen molar-refractivity contribution < 1.29 is 9.36 Å². The lowest BCUT2D eigenvalue weighted by Crippen LogP contribution is -2.18. The van der Waals surface area contributed by atoms with Gasteiger partial charge in [0.25, 0.3) is 0 Å². The summed E-state index contributed by atoms with van der Waals surface area (Å²) in [6.45, 7) is 10.6. The normalized spacial score (nSPS) is 13.0. The predicted molar refractivity (Wildman–Crippen MR) is 110 cm³/mol. The first-order valence-corrected chi connectivity index (χ1v) is 10.3. The molecule has 0 aliphatic heterocycles. The fraction of sp³-hybridized carbons (Fsp3) is 0.435. The van der Waals surface area contributed by atoms with E-state index in [1.54, 1.807) is 0 Å². The molecule has 0 fully saturated rings. The SMILES string of the molecule is Cc1cc(C(C)(C)C)cc(C)c1C(=O)C(CCCP=O)c1ccccc1. The minimum absolute atomic E-state index is 0.0587. The van der Waals surface area contributed by atoms with Crippen LogP contribution in [0, 0.1) is 13.8 Å². The second kappa shape index (κ2) is 8.73. The van der Waals surface area contributed by atoms with Crippen LogP contribution in [0.25, 0.3) is 0 Å². The maximum absolute atomic E-state index is 13.5. The molecule has 138 valence electrons. The molecule has 0 amide bonds. The molecule has 0 saturated heterocycles. The molecule has 0 N–H and O–H groups in total. The Kier molecular flexibility index (Phi) is 6.89. The maximum atomic E-state index is 13.5. The molecule has 0 heterocycles. The predicted octanol–water partition coefficient (Wildman–Crippen LogP) is 6.64. The smallest absolute Gasteiger partial charge is 0.170 e. The van der Waals surface area contributed by atoms with E-state index >= 15 is 0 Å². The van der Waals surface area contributed by atoms with Crippen molar-refractivity contribution >= 4 is 14.2 Å². The molecule has 3 heteroatoms. The van der Waals surface area contributed by atoms with Crippen LogP contribution in [0.15, 0.2) is 42.5 Å². The third-order valence-corrected chi connectivity index (χ3v) is 5.40. The Balaban J connectivity index is 2.43. The van der Waals surface area contributed by atoms with E-state index in [-0.39, 0.29) is 25.6 Å². The molecule has 0 bridgehead atoms. The van der Waals surface area contributed by atoms with E-state index < -0.39 is 0 Å². The Morgan fingerprint density at radius 1 is 1.04 bits per heavy atom. The van der Waals surface area contributed by atoms with E-state index in [9.17, 15) is 9.36 Å². The number of carbonyl (C=O) groups excluding carboxylic acids is 1. The van der Waals surface area contributed by atoms with E-state index in [1.807, 2.05) is 44.2 Å². The fourth-order valence-electron chi connectivity index (χ4n) is 3.45. The molecule has 2 aromatic carbocycles. The molecule has 0 spiro atoms. The van der Waals surface area contributed by atoms with Gasteiger partial charge in [0, 0.05) is 17.6 Å². The van der Waals surface area contributed by atoms with Crippen LogP contribution in [-0.2, 0) is 9.98 Å². The third-order valence-electron chi connectivity index (χ3n) is 4.91. The number of carbonyl (C=O) groups is 1. The molecule has 2 aromatic rings. The summed E-state index contributed by atoms with van der Waals surface area (Å²) in [5.74, 6) is -0.00920. The Hall–Kier alpha value is -1.79. The van der Waals surface area contributed by atoms with Crippen molar-refractivity contribution in [3.05, 3.63) is 70.3 Å². The van der Waals surface area contributed by atoms with Gasteiger partial charge in [0.15, 0.2) is 14.2 Å². The Morgan fingerprint density at radius 2 is 1.62 bits per heavy atom. The first-order chi connectivity index (χ1) is 12.3. The van der Waals surface area contributed by atoms with Gasteiger partial charge in [-0.25, -0.2) is 0 Å². The van der Waals surface area contributed by atoms with Gasteiger partial charge in [0.2, 0.25) is 0 Å². The number of Topliss-reactive ketones (excluding diaryl/α,β-unsaturated/α-hetero) is 1. The van der Waals surface area contributed by atoms with Crippen LogP contribution in [-0.4, -0.2) is 11.9 Å². The van der Waals surface area contributed by atoms with Crippen LogP contribution >= 0.6 is 8.46 Å². The lowest BCUT2D eigenvalue weighted by Gasteiger charge is -2.24. The average Bonchev–Trinajstić information content (AvgIpc) is 2.58. The maximum Gasteiger partial charge on any atom is 0.170 e. The lowest BCUT2D eigenvalue weighted by atomic mass is 9.80. The van der Waals surface area contributed by atoms with E-state index in [4.69, 9.17) is 0 Å². The number of ketones is 1. The van der Waals surface area contributed by atoms with Crippen molar-refractivity contribution in [3.63, 3.8) is 0 Å². The fourth-order valence-corrected chi connectivity index (χ4v) is 3.77. The van der Waals surface area contributed by atoms with E-state index in [2.05, 4.69) is 32.9 Å². The van der Waals surface area contributed by atoms with Gasteiger partial charge in [-0.15, -0.1) is 0 Å². The summed E-state index contributed by atoms with van der Waals surface area (Å²) in [7, 11) is 0.148. The summed E-state index contributed by atoms with van der Waals surface area (Å²) in [6.07, 6.45) is 2.09. The molecule has 2 nitrogen and oxygen atoms in total. The van der Waals surface area contributed by atoms with Gasteiger partial charge in [-0.3, -0.25) is 9.36 Å². The average molecular weight is 368 g/mol. The molecule has 1 unspecified atom stereocenters. The van der Waals surface area contributed by atoms with Crippen LogP contribution in [0.4, 0.5) is 0 Å². The Bertz CT molecular complexity index is 750. The third kappa shape index (κ3) is 4.89. The van der Waals surface area contributed by atoms with Gasteiger partial charge in [0.05, 0.1) is 0 Å². The van der Waals surface area contributed by atoms with Gasteiger partial charge in [-0.2, -0.15) is 0 Å². The van der Waals surface area contributed by atoms with Crippen LogP contribution in [0.5, 0.6) is 0 Å². The standard InChI is InChI=1S/C23H29O2P/c1-16-14-19(23(3,4)5)15-17(2)21(16)22(24)20(12-9-13-26-25)18-10-7-6-8-11-18/h6-8,10-11,14-15,20H,9,12-13H2,1-5H3.